The smallest absolute Gasteiger partial charge is 0.254 e. The summed E-state index contributed by atoms with van der Waals surface area (Å²) >= 11 is 0. The lowest BCUT2D eigenvalue weighted by atomic mass is 9.92. The van der Waals surface area contributed by atoms with Gasteiger partial charge in [-0.1, -0.05) is 13.8 Å². The van der Waals surface area contributed by atoms with Crippen molar-refractivity contribution in [3.63, 3.8) is 0 Å². The van der Waals surface area contributed by atoms with Crippen molar-refractivity contribution < 1.29 is 17.9 Å². The predicted octanol–water partition coefficient (Wildman–Crippen LogP) is 1.62. The van der Waals surface area contributed by atoms with Gasteiger partial charge in [-0.3, -0.25) is 4.79 Å². The van der Waals surface area contributed by atoms with E-state index in [1.54, 1.807) is 24.0 Å². The first-order valence-electron chi connectivity index (χ1n) is 8.88. The molecule has 1 aliphatic heterocycles. The second kappa shape index (κ2) is 9.84. The van der Waals surface area contributed by atoms with Gasteiger partial charge in [0.2, 0.25) is 10.0 Å². The number of carbonyl (C=O) groups is 1. The molecular formula is C18H30ClN3O4S. The molecule has 0 spiro atoms. The highest BCUT2D eigenvalue weighted by atomic mass is 35.5. The van der Waals surface area contributed by atoms with Gasteiger partial charge in [-0.05, 0) is 43.5 Å². The maximum absolute atomic E-state index is 12.7. The number of ether oxygens (including phenoxy) is 1. The van der Waals surface area contributed by atoms with E-state index in [4.69, 9.17) is 10.5 Å². The molecule has 0 bridgehead atoms. The fourth-order valence-corrected chi connectivity index (χ4v) is 4.60. The van der Waals surface area contributed by atoms with Crippen LogP contribution in [0.1, 0.15) is 37.6 Å². The topological polar surface area (TPSA) is 102 Å². The zero-order valence-corrected chi connectivity index (χ0v) is 17.7. The molecule has 1 saturated heterocycles. The number of nitrogens with one attached hydrogen (secondary N) is 1. The summed E-state index contributed by atoms with van der Waals surface area (Å²) in [5.41, 5.74) is 5.55. The third kappa shape index (κ3) is 6.43. The Bertz CT molecular complexity index is 719. The number of sulfonamides is 1. The van der Waals surface area contributed by atoms with Crippen LogP contribution >= 0.6 is 12.4 Å². The molecule has 27 heavy (non-hydrogen) atoms. The van der Waals surface area contributed by atoms with Crippen molar-refractivity contribution in [3.05, 3.63) is 29.8 Å². The number of nitrogens with two attached hydrogens (primary N) is 1. The second-order valence-corrected chi connectivity index (χ2v) is 9.08. The number of nitrogens with zero attached hydrogens (tertiary/aromatic N) is 1. The third-order valence-electron chi connectivity index (χ3n) is 4.40. The number of morpholine rings is 1. The highest BCUT2D eigenvalue weighted by molar-refractivity contribution is 7.89. The Balaban J connectivity index is 0.00000364. The van der Waals surface area contributed by atoms with Crippen molar-refractivity contribution in [3.8, 4) is 0 Å². The van der Waals surface area contributed by atoms with Crippen molar-refractivity contribution >= 4 is 28.3 Å². The molecule has 9 heteroatoms. The van der Waals surface area contributed by atoms with Crippen LogP contribution < -0.4 is 10.5 Å². The van der Waals surface area contributed by atoms with E-state index in [0.717, 1.165) is 0 Å². The first-order valence-corrected chi connectivity index (χ1v) is 10.4. The minimum absolute atomic E-state index is 0. The summed E-state index contributed by atoms with van der Waals surface area (Å²) in [4.78, 5) is 14.3. The van der Waals surface area contributed by atoms with Crippen molar-refractivity contribution in [2.45, 2.75) is 37.6 Å². The van der Waals surface area contributed by atoms with Crippen molar-refractivity contribution in [2.24, 2.45) is 11.7 Å². The lowest BCUT2D eigenvalue weighted by molar-refractivity contribution is 0.0303. The Morgan fingerprint density at radius 2 is 1.81 bits per heavy atom. The van der Waals surface area contributed by atoms with E-state index in [0.29, 0.717) is 44.2 Å². The van der Waals surface area contributed by atoms with E-state index in [2.05, 4.69) is 4.72 Å². The Hall–Kier alpha value is -1.19. The van der Waals surface area contributed by atoms with Crippen LogP contribution in [-0.2, 0) is 14.8 Å². The van der Waals surface area contributed by atoms with Gasteiger partial charge in [0.15, 0.2) is 0 Å². The molecule has 154 valence electrons. The molecule has 2 rings (SSSR count). The van der Waals surface area contributed by atoms with E-state index >= 15 is 0 Å². The summed E-state index contributed by atoms with van der Waals surface area (Å²) in [6.45, 7) is 8.20. The molecule has 1 aromatic carbocycles. The molecule has 1 aromatic rings. The van der Waals surface area contributed by atoms with E-state index in [1.165, 1.54) is 12.1 Å². The number of hydrogen-bond donors (Lipinski definition) is 2. The summed E-state index contributed by atoms with van der Waals surface area (Å²) in [5, 5.41) is 0. The maximum Gasteiger partial charge on any atom is 0.254 e. The van der Waals surface area contributed by atoms with Crippen molar-refractivity contribution in [1.29, 1.82) is 0 Å². The standard InChI is InChI=1S/C18H29N3O4S.ClH/c1-14(2)12-18(3,13-19)20-26(23,24)16-6-4-15(5-7-16)17(22)21-8-10-25-11-9-21;/h4-7,14,20H,8-13,19H2,1-3H3;1H. The lowest BCUT2D eigenvalue weighted by Crippen LogP contribution is -2.51. The van der Waals surface area contributed by atoms with E-state index in [9.17, 15) is 13.2 Å². The van der Waals surface area contributed by atoms with Crippen LogP contribution in [0, 0.1) is 5.92 Å². The molecule has 1 heterocycles. The Morgan fingerprint density at radius 3 is 2.30 bits per heavy atom. The van der Waals surface area contributed by atoms with E-state index in [-0.39, 0.29) is 29.8 Å². The molecular weight excluding hydrogens is 390 g/mol. The highest BCUT2D eigenvalue weighted by Gasteiger charge is 2.30. The van der Waals surface area contributed by atoms with Gasteiger partial charge in [-0.15, -0.1) is 12.4 Å². The number of rotatable bonds is 7. The monoisotopic (exact) mass is 419 g/mol. The highest BCUT2D eigenvalue weighted by Crippen LogP contribution is 2.20. The van der Waals surface area contributed by atoms with E-state index in [1.807, 2.05) is 13.8 Å². The molecule has 1 amide bonds. The average Bonchev–Trinajstić information content (AvgIpc) is 2.61. The molecule has 1 unspecified atom stereocenters. The molecule has 1 atom stereocenters. The summed E-state index contributed by atoms with van der Waals surface area (Å²) in [7, 11) is -3.72. The van der Waals surface area contributed by atoms with Crippen LogP contribution in [0.3, 0.4) is 0 Å². The van der Waals surface area contributed by atoms with Gasteiger partial charge in [-0.2, -0.15) is 0 Å². The summed E-state index contributed by atoms with van der Waals surface area (Å²) in [6, 6.07) is 6.02. The molecule has 0 radical (unpaired) electrons. The van der Waals surface area contributed by atoms with Crippen LogP contribution in [-0.4, -0.2) is 57.6 Å². The van der Waals surface area contributed by atoms with Gasteiger partial charge in [0.25, 0.3) is 5.91 Å². The summed E-state index contributed by atoms with van der Waals surface area (Å²) < 4.78 is 33.3. The van der Waals surface area contributed by atoms with E-state index < -0.39 is 15.6 Å². The predicted molar refractivity (Wildman–Crippen MR) is 108 cm³/mol. The lowest BCUT2D eigenvalue weighted by Gasteiger charge is -2.30. The fourth-order valence-electron chi connectivity index (χ4n) is 3.18. The summed E-state index contributed by atoms with van der Waals surface area (Å²) in [6.07, 6.45) is 0.635. The first-order chi connectivity index (χ1) is 12.2. The van der Waals surface area contributed by atoms with Gasteiger partial charge in [-0.25, -0.2) is 13.1 Å². The van der Waals surface area contributed by atoms with Crippen LogP contribution in [0.5, 0.6) is 0 Å². The average molecular weight is 420 g/mol. The number of carbonyl (C=O) groups excluding carboxylic acids is 1. The van der Waals surface area contributed by atoms with Gasteiger partial charge in [0.1, 0.15) is 0 Å². The largest absolute Gasteiger partial charge is 0.378 e. The number of amides is 1. The molecule has 1 aliphatic rings. The maximum atomic E-state index is 12.7. The van der Waals surface area contributed by atoms with Crippen LogP contribution in [0.2, 0.25) is 0 Å². The second-order valence-electron chi connectivity index (χ2n) is 7.40. The summed E-state index contributed by atoms with van der Waals surface area (Å²) in [5.74, 6) is 0.191. The van der Waals surface area contributed by atoms with Gasteiger partial charge >= 0.3 is 0 Å². The van der Waals surface area contributed by atoms with Crippen LogP contribution in [0.4, 0.5) is 0 Å². The number of hydrogen-bond acceptors (Lipinski definition) is 5. The zero-order chi connectivity index (χ0) is 19.4. The molecule has 3 N–H and O–H groups in total. The molecule has 7 nitrogen and oxygen atoms in total. The van der Waals surface area contributed by atoms with Gasteiger partial charge < -0.3 is 15.4 Å². The molecule has 1 fully saturated rings. The van der Waals surface area contributed by atoms with Crippen LogP contribution in [0.25, 0.3) is 0 Å². The normalized spacial score (nSPS) is 17.3. The van der Waals surface area contributed by atoms with Crippen molar-refractivity contribution in [1.82, 2.24) is 9.62 Å². The third-order valence-corrected chi connectivity index (χ3v) is 6.05. The first kappa shape index (κ1) is 23.8. The number of halogens is 1. The molecule has 0 aliphatic carbocycles. The van der Waals surface area contributed by atoms with Crippen molar-refractivity contribution in [2.75, 3.05) is 32.8 Å². The van der Waals surface area contributed by atoms with Gasteiger partial charge in [0, 0.05) is 30.7 Å². The molecule has 0 aromatic heterocycles. The quantitative estimate of drug-likeness (QED) is 0.699. The number of benzene rings is 1. The minimum Gasteiger partial charge on any atom is -0.378 e. The van der Waals surface area contributed by atoms with Crippen LogP contribution in [0.15, 0.2) is 29.2 Å². The Labute approximate surface area is 168 Å². The fraction of sp³-hybridized carbons (Fsp3) is 0.611. The zero-order valence-electron chi connectivity index (χ0n) is 16.1. The molecule has 0 saturated carbocycles. The minimum atomic E-state index is -3.72. The SMILES string of the molecule is CC(C)CC(C)(CN)NS(=O)(=O)c1ccc(C(=O)N2CCOCC2)cc1.Cl. The Kier molecular flexibility index (Phi) is 8.69. The van der Waals surface area contributed by atoms with Gasteiger partial charge in [0.05, 0.1) is 18.1 Å². The Morgan fingerprint density at radius 1 is 1.26 bits per heavy atom.